The molecule has 1 N–H and O–H groups in total. The van der Waals surface area contributed by atoms with E-state index in [4.69, 9.17) is 0 Å². The lowest BCUT2D eigenvalue weighted by atomic mass is 10.2. The summed E-state index contributed by atoms with van der Waals surface area (Å²) in [6.07, 6.45) is 1.50. The van der Waals surface area contributed by atoms with E-state index in [9.17, 15) is 13.2 Å². The number of thiazole rings is 1. The molecule has 0 spiro atoms. The first-order valence-electron chi connectivity index (χ1n) is 6.69. The third-order valence-electron chi connectivity index (χ3n) is 3.27. The number of amides is 1. The lowest BCUT2D eigenvalue weighted by Crippen LogP contribution is -2.35. The second-order valence-electron chi connectivity index (χ2n) is 5.04. The topological polar surface area (TPSA) is 76.1 Å². The Kier molecular flexibility index (Phi) is 3.84. The van der Waals surface area contributed by atoms with Crippen LogP contribution in [0.1, 0.15) is 15.4 Å². The quantitative estimate of drug-likeness (QED) is 0.933. The lowest BCUT2D eigenvalue weighted by Gasteiger charge is -2.08. The van der Waals surface area contributed by atoms with Crippen molar-refractivity contribution < 1.29 is 13.2 Å². The van der Waals surface area contributed by atoms with Gasteiger partial charge in [-0.15, -0.1) is 11.3 Å². The van der Waals surface area contributed by atoms with Crippen LogP contribution < -0.4 is 5.32 Å². The molecule has 1 aliphatic heterocycles. The van der Waals surface area contributed by atoms with Gasteiger partial charge >= 0.3 is 0 Å². The monoisotopic (exact) mass is 334 g/mol. The van der Waals surface area contributed by atoms with E-state index in [0.717, 1.165) is 16.0 Å². The lowest BCUT2D eigenvalue weighted by molar-refractivity contribution is 0.0951. The molecule has 1 aromatic heterocycles. The Morgan fingerprint density at radius 2 is 2.05 bits per heavy atom. The molecule has 0 saturated heterocycles. The summed E-state index contributed by atoms with van der Waals surface area (Å²) in [5, 5.41) is 4.64. The Bertz CT molecular complexity index is 839. The summed E-state index contributed by atoms with van der Waals surface area (Å²) in [7, 11) is -3.18. The summed E-state index contributed by atoms with van der Waals surface area (Å²) in [6, 6.07) is 9.15. The van der Waals surface area contributed by atoms with Gasteiger partial charge in [0.15, 0.2) is 9.84 Å². The Balaban J connectivity index is 1.79. The summed E-state index contributed by atoms with van der Waals surface area (Å²) >= 11 is 1.31. The van der Waals surface area contributed by atoms with Gasteiger partial charge in [0.25, 0.3) is 5.91 Å². The van der Waals surface area contributed by atoms with Gasteiger partial charge in [0.1, 0.15) is 9.88 Å². The number of carbonyl (C=O) groups excluding carboxylic acids is 1. The zero-order valence-corrected chi connectivity index (χ0v) is 13.4. The number of benzene rings is 1. The van der Waals surface area contributed by atoms with Crippen LogP contribution in [-0.2, 0) is 9.84 Å². The summed E-state index contributed by atoms with van der Waals surface area (Å²) in [6.45, 7) is 1.78. The molecule has 0 saturated carbocycles. The molecule has 7 heteroatoms. The molecule has 114 valence electrons. The van der Waals surface area contributed by atoms with Crippen LogP contribution in [0.2, 0.25) is 0 Å². The Morgan fingerprint density at radius 3 is 2.68 bits per heavy atom. The van der Waals surface area contributed by atoms with Crippen LogP contribution in [0, 0.1) is 6.92 Å². The summed E-state index contributed by atoms with van der Waals surface area (Å²) in [5.74, 6) is -0.369. The number of aromatic nitrogens is 1. The molecule has 1 atom stereocenters. The molecule has 1 unspecified atom stereocenters. The van der Waals surface area contributed by atoms with Crippen LogP contribution in [0.4, 0.5) is 0 Å². The smallest absolute Gasteiger partial charge is 0.263 e. The zero-order chi connectivity index (χ0) is 15.7. The molecular weight excluding hydrogens is 320 g/mol. The first-order valence-corrected chi connectivity index (χ1v) is 9.22. The molecule has 0 aliphatic carbocycles. The molecule has 1 amide bonds. The van der Waals surface area contributed by atoms with Crippen molar-refractivity contribution in [1.29, 1.82) is 0 Å². The van der Waals surface area contributed by atoms with E-state index in [1.807, 2.05) is 30.3 Å². The maximum absolute atomic E-state index is 12.3. The van der Waals surface area contributed by atoms with Crippen LogP contribution in [0.15, 0.2) is 41.8 Å². The average Bonchev–Trinajstić information content (AvgIpc) is 3.02. The highest BCUT2D eigenvalue weighted by atomic mass is 32.2. The number of hydrogen-bond donors (Lipinski definition) is 1. The van der Waals surface area contributed by atoms with Crippen LogP contribution in [-0.4, -0.2) is 31.1 Å². The van der Waals surface area contributed by atoms with Crippen molar-refractivity contribution in [3.05, 3.63) is 52.4 Å². The van der Waals surface area contributed by atoms with E-state index >= 15 is 0 Å². The fourth-order valence-corrected chi connectivity index (χ4v) is 4.42. The van der Waals surface area contributed by atoms with E-state index in [2.05, 4.69) is 10.3 Å². The summed E-state index contributed by atoms with van der Waals surface area (Å²) in [4.78, 5) is 17.2. The minimum Gasteiger partial charge on any atom is -0.344 e. The minimum absolute atomic E-state index is 0.0812. The van der Waals surface area contributed by atoms with Crippen LogP contribution >= 0.6 is 11.3 Å². The molecule has 2 heterocycles. The molecular formula is C15H14N2O3S2. The van der Waals surface area contributed by atoms with Crippen molar-refractivity contribution in [1.82, 2.24) is 10.3 Å². The Hall–Kier alpha value is -1.99. The predicted molar refractivity (Wildman–Crippen MR) is 86.5 cm³/mol. The number of hydrogen-bond acceptors (Lipinski definition) is 5. The number of aryl methyl sites for hydroxylation is 1. The van der Waals surface area contributed by atoms with Crippen LogP contribution in [0.5, 0.6) is 0 Å². The van der Waals surface area contributed by atoms with Gasteiger partial charge in [-0.1, -0.05) is 30.3 Å². The molecule has 0 bridgehead atoms. The van der Waals surface area contributed by atoms with E-state index < -0.39 is 15.9 Å². The maximum Gasteiger partial charge on any atom is 0.263 e. The highest BCUT2D eigenvalue weighted by molar-refractivity contribution is 7.94. The van der Waals surface area contributed by atoms with E-state index in [1.54, 1.807) is 6.92 Å². The van der Waals surface area contributed by atoms with Crippen molar-refractivity contribution in [2.24, 2.45) is 0 Å². The van der Waals surface area contributed by atoms with Crippen LogP contribution in [0.3, 0.4) is 0 Å². The number of rotatable bonds is 3. The van der Waals surface area contributed by atoms with Gasteiger partial charge in [0.2, 0.25) is 0 Å². The predicted octanol–water partition coefficient (Wildman–Crippen LogP) is 2.16. The molecule has 3 rings (SSSR count). The SMILES string of the molecule is Cc1nc(-c2ccccc2)sc1C(=O)NC1C=CS(=O)(=O)C1. The Morgan fingerprint density at radius 1 is 1.32 bits per heavy atom. The second kappa shape index (κ2) is 5.66. The second-order valence-corrected chi connectivity index (χ2v) is 7.97. The molecule has 0 fully saturated rings. The third-order valence-corrected chi connectivity index (χ3v) is 5.87. The highest BCUT2D eigenvalue weighted by Gasteiger charge is 2.25. The number of carbonyl (C=O) groups is 1. The van der Waals surface area contributed by atoms with Gasteiger partial charge in [-0.3, -0.25) is 4.79 Å². The first kappa shape index (κ1) is 14.9. The van der Waals surface area contributed by atoms with E-state index in [1.165, 1.54) is 17.4 Å². The standard InChI is InChI=1S/C15H14N2O3S2/c1-10-13(14(18)17-12-7-8-22(19,20)9-12)21-15(16-10)11-5-3-2-4-6-11/h2-8,12H,9H2,1H3,(H,17,18). The van der Waals surface area contributed by atoms with Crippen molar-refractivity contribution in [3.63, 3.8) is 0 Å². The van der Waals surface area contributed by atoms with Crippen molar-refractivity contribution in [2.45, 2.75) is 13.0 Å². The molecule has 5 nitrogen and oxygen atoms in total. The highest BCUT2D eigenvalue weighted by Crippen LogP contribution is 2.27. The van der Waals surface area contributed by atoms with E-state index in [0.29, 0.717) is 10.6 Å². The molecule has 2 aromatic rings. The summed E-state index contributed by atoms with van der Waals surface area (Å²) in [5.41, 5.74) is 1.60. The molecule has 1 aliphatic rings. The zero-order valence-electron chi connectivity index (χ0n) is 11.8. The largest absolute Gasteiger partial charge is 0.344 e. The molecule has 1 aromatic carbocycles. The van der Waals surface area contributed by atoms with Crippen molar-refractivity contribution >= 4 is 27.1 Å². The molecule has 22 heavy (non-hydrogen) atoms. The Labute approximate surface area is 132 Å². The number of sulfone groups is 1. The normalized spacial score (nSPS) is 19.2. The van der Waals surface area contributed by atoms with E-state index in [-0.39, 0.29) is 11.7 Å². The van der Waals surface area contributed by atoms with Gasteiger partial charge in [-0.05, 0) is 13.0 Å². The van der Waals surface area contributed by atoms with Crippen molar-refractivity contribution in [3.8, 4) is 10.6 Å². The van der Waals surface area contributed by atoms with Gasteiger partial charge in [0.05, 0.1) is 17.5 Å². The van der Waals surface area contributed by atoms with Gasteiger partial charge < -0.3 is 5.32 Å². The van der Waals surface area contributed by atoms with Gasteiger partial charge in [0, 0.05) is 11.0 Å². The minimum atomic E-state index is -3.18. The molecule has 0 radical (unpaired) electrons. The average molecular weight is 334 g/mol. The van der Waals surface area contributed by atoms with Crippen LogP contribution in [0.25, 0.3) is 10.6 Å². The maximum atomic E-state index is 12.3. The summed E-state index contributed by atoms with van der Waals surface area (Å²) < 4.78 is 22.7. The fraction of sp³-hybridized carbons (Fsp3) is 0.200. The fourth-order valence-electron chi connectivity index (χ4n) is 2.21. The third kappa shape index (κ3) is 3.10. The first-order chi connectivity index (χ1) is 10.4. The van der Waals surface area contributed by atoms with Gasteiger partial charge in [-0.25, -0.2) is 13.4 Å². The number of nitrogens with one attached hydrogen (secondary N) is 1. The van der Waals surface area contributed by atoms with Crippen molar-refractivity contribution in [2.75, 3.05) is 5.75 Å². The van der Waals surface area contributed by atoms with Gasteiger partial charge in [-0.2, -0.15) is 0 Å². The number of nitrogens with zero attached hydrogens (tertiary/aromatic N) is 1.